The van der Waals surface area contributed by atoms with Gasteiger partial charge in [-0.15, -0.1) is 0 Å². The van der Waals surface area contributed by atoms with Crippen molar-refractivity contribution in [3.63, 3.8) is 0 Å². The highest BCUT2D eigenvalue weighted by atomic mass is 16.5. The van der Waals surface area contributed by atoms with Gasteiger partial charge >= 0.3 is 12.1 Å². The van der Waals surface area contributed by atoms with Crippen molar-refractivity contribution in [1.82, 2.24) is 10.6 Å². The Kier molecular flexibility index (Phi) is 6.02. The number of nitrogens with one attached hydrogen (secondary N) is 2. The molecule has 178 valence electrons. The summed E-state index contributed by atoms with van der Waals surface area (Å²) in [7, 11) is 0. The molecule has 2 saturated carbocycles. The zero-order valence-corrected chi connectivity index (χ0v) is 19.2. The Bertz CT molecular complexity index is 1070. The smallest absolute Gasteiger partial charge is 0.407 e. The predicted molar refractivity (Wildman–Crippen MR) is 126 cm³/mol. The third-order valence-electron chi connectivity index (χ3n) is 7.87. The van der Waals surface area contributed by atoms with Gasteiger partial charge < -0.3 is 20.5 Å². The molecule has 0 aliphatic heterocycles. The van der Waals surface area contributed by atoms with Crippen LogP contribution in [0.2, 0.25) is 0 Å². The van der Waals surface area contributed by atoms with E-state index in [9.17, 15) is 19.5 Å². The fourth-order valence-corrected chi connectivity index (χ4v) is 6.25. The van der Waals surface area contributed by atoms with Gasteiger partial charge in [0.15, 0.2) is 0 Å². The van der Waals surface area contributed by atoms with E-state index in [0.717, 1.165) is 41.5 Å². The second-order valence-electron chi connectivity index (χ2n) is 9.66. The maximum absolute atomic E-state index is 12.9. The van der Waals surface area contributed by atoms with E-state index in [4.69, 9.17) is 4.74 Å². The van der Waals surface area contributed by atoms with Crippen molar-refractivity contribution in [1.29, 1.82) is 0 Å². The standard InChI is InChI=1S/C27H30N2O5/c1-2-22(25(30)29-24-16-12-11-15(13-16)23(24)26(31)32)28-27(33)34-14-21-19-9-5-3-7-17(19)18-8-4-6-10-20(18)21/h3-10,15-16,21-24H,2,11-14H2,1H3,(H,28,33)(H,29,30)(H,31,32)/t15?,16?,22-,23?,24?/m1/s1. The van der Waals surface area contributed by atoms with Gasteiger partial charge in [0.25, 0.3) is 0 Å². The summed E-state index contributed by atoms with van der Waals surface area (Å²) in [5.74, 6) is -1.48. The number of carbonyl (C=O) groups is 3. The van der Waals surface area contributed by atoms with Crippen LogP contribution in [0.25, 0.3) is 11.1 Å². The summed E-state index contributed by atoms with van der Waals surface area (Å²) in [6.07, 6.45) is 2.43. The van der Waals surface area contributed by atoms with E-state index in [0.29, 0.717) is 6.42 Å². The molecule has 2 aromatic rings. The largest absolute Gasteiger partial charge is 0.481 e. The van der Waals surface area contributed by atoms with Crippen molar-refractivity contribution in [3.8, 4) is 11.1 Å². The van der Waals surface area contributed by atoms with Gasteiger partial charge in [0.05, 0.1) is 5.92 Å². The molecule has 3 aliphatic carbocycles. The van der Waals surface area contributed by atoms with Crippen molar-refractivity contribution in [3.05, 3.63) is 59.7 Å². The zero-order valence-electron chi connectivity index (χ0n) is 19.2. The highest BCUT2D eigenvalue weighted by Crippen LogP contribution is 2.48. The van der Waals surface area contributed by atoms with Gasteiger partial charge in [-0.2, -0.15) is 0 Å². The van der Waals surface area contributed by atoms with Crippen LogP contribution in [0.4, 0.5) is 4.79 Å². The van der Waals surface area contributed by atoms with Crippen LogP contribution < -0.4 is 10.6 Å². The number of aliphatic carboxylic acids is 1. The zero-order chi connectivity index (χ0) is 23.8. The van der Waals surface area contributed by atoms with Crippen LogP contribution >= 0.6 is 0 Å². The molecule has 2 amide bonds. The van der Waals surface area contributed by atoms with Crippen LogP contribution in [0, 0.1) is 17.8 Å². The minimum absolute atomic E-state index is 0.0579. The lowest BCUT2D eigenvalue weighted by Gasteiger charge is -2.30. The second kappa shape index (κ2) is 9.12. The third kappa shape index (κ3) is 3.93. The Morgan fingerprint density at radius 1 is 1.00 bits per heavy atom. The molecule has 5 rings (SSSR count). The lowest BCUT2D eigenvalue weighted by molar-refractivity contribution is -0.144. The van der Waals surface area contributed by atoms with Crippen LogP contribution in [0.3, 0.4) is 0 Å². The van der Waals surface area contributed by atoms with Gasteiger partial charge in [0.2, 0.25) is 5.91 Å². The minimum Gasteiger partial charge on any atom is -0.481 e. The normalized spacial score (nSPS) is 25.3. The molecule has 3 N–H and O–H groups in total. The fraction of sp³-hybridized carbons (Fsp3) is 0.444. The van der Waals surface area contributed by atoms with E-state index in [1.54, 1.807) is 0 Å². The maximum Gasteiger partial charge on any atom is 0.407 e. The van der Waals surface area contributed by atoms with Crippen LogP contribution in [-0.2, 0) is 14.3 Å². The Morgan fingerprint density at radius 2 is 1.62 bits per heavy atom. The Balaban J connectivity index is 1.20. The van der Waals surface area contributed by atoms with Gasteiger partial charge in [-0.1, -0.05) is 55.5 Å². The van der Waals surface area contributed by atoms with Crippen LogP contribution in [-0.4, -0.2) is 41.8 Å². The maximum atomic E-state index is 12.9. The summed E-state index contributed by atoms with van der Waals surface area (Å²) in [6.45, 7) is 1.98. The van der Waals surface area contributed by atoms with Crippen molar-refractivity contribution in [2.75, 3.05) is 6.61 Å². The SMILES string of the molecule is CC[C@@H](NC(=O)OCC1c2ccccc2-c2ccccc21)C(=O)NC1C2CCC(C2)C1C(=O)O. The van der Waals surface area contributed by atoms with Crippen molar-refractivity contribution in [2.24, 2.45) is 17.8 Å². The van der Waals surface area contributed by atoms with E-state index >= 15 is 0 Å². The number of rotatable bonds is 7. The number of ether oxygens (including phenoxy) is 1. The van der Waals surface area contributed by atoms with E-state index in [-0.39, 0.29) is 36.3 Å². The molecule has 34 heavy (non-hydrogen) atoms. The number of hydrogen-bond acceptors (Lipinski definition) is 4. The molecule has 2 aromatic carbocycles. The second-order valence-corrected chi connectivity index (χ2v) is 9.66. The summed E-state index contributed by atoms with van der Waals surface area (Å²) in [4.78, 5) is 37.3. The first kappa shape index (κ1) is 22.4. The van der Waals surface area contributed by atoms with Crippen molar-refractivity contribution in [2.45, 2.75) is 50.6 Å². The molecule has 2 fully saturated rings. The van der Waals surface area contributed by atoms with Crippen molar-refractivity contribution < 1.29 is 24.2 Å². The molecule has 5 atom stereocenters. The average molecular weight is 463 g/mol. The van der Waals surface area contributed by atoms with Crippen LogP contribution in [0.5, 0.6) is 0 Å². The van der Waals surface area contributed by atoms with Crippen LogP contribution in [0.15, 0.2) is 48.5 Å². The molecule has 2 bridgehead atoms. The third-order valence-corrected chi connectivity index (χ3v) is 7.87. The van der Waals surface area contributed by atoms with E-state index in [1.165, 1.54) is 0 Å². The summed E-state index contributed by atoms with van der Waals surface area (Å²) >= 11 is 0. The van der Waals surface area contributed by atoms with E-state index < -0.39 is 24.0 Å². The summed E-state index contributed by atoms with van der Waals surface area (Å²) in [5, 5.41) is 15.2. The van der Waals surface area contributed by atoms with E-state index in [1.807, 2.05) is 31.2 Å². The first-order chi connectivity index (χ1) is 16.5. The number of carboxylic acid groups (broad SMARTS) is 1. The number of carboxylic acids is 1. The molecule has 0 heterocycles. The van der Waals surface area contributed by atoms with Gasteiger partial charge in [-0.05, 0) is 59.8 Å². The Morgan fingerprint density at radius 3 is 2.24 bits per heavy atom. The fourth-order valence-electron chi connectivity index (χ4n) is 6.25. The quantitative estimate of drug-likeness (QED) is 0.579. The summed E-state index contributed by atoms with van der Waals surface area (Å²) in [5.41, 5.74) is 4.54. The summed E-state index contributed by atoms with van der Waals surface area (Å²) < 4.78 is 5.58. The summed E-state index contributed by atoms with van der Waals surface area (Å²) in [6, 6.07) is 15.1. The number of alkyl carbamates (subject to hydrolysis) is 1. The predicted octanol–water partition coefficient (Wildman–Crippen LogP) is 3.92. The topological polar surface area (TPSA) is 105 Å². The highest BCUT2D eigenvalue weighted by molar-refractivity contribution is 5.86. The number of hydrogen-bond donors (Lipinski definition) is 3. The van der Waals surface area contributed by atoms with Crippen LogP contribution in [0.1, 0.15) is 49.7 Å². The molecular weight excluding hydrogens is 432 g/mol. The number of carbonyl (C=O) groups excluding carboxylic acids is 2. The molecule has 7 nitrogen and oxygen atoms in total. The lowest BCUT2D eigenvalue weighted by Crippen LogP contribution is -2.53. The number of amides is 2. The van der Waals surface area contributed by atoms with Gasteiger partial charge in [0.1, 0.15) is 12.6 Å². The molecule has 0 radical (unpaired) electrons. The molecule has 0 spiro atoms. The van der Waals surface area contributed by atoms with Crippen molar-refractivity contribution >= 4 is 18.0 Å². The molecule has 0 aromatic heterocycles. The Hall–Kier alpha value is -3.35. The average Bonchev–Trinajstić information content (AvgIpc) is 3.53. The highest BCUT2D eigenvalue weighted by Gasteiger charge is 2.51. The molecule has 3 aliphatic rings. The monoisotopic (exact) mass is 462 g/mol. The number of benzene rings is 2. The van der Waals surface area contributed by atoms with Gasteiger partial charge in [0, 0.05) is 12.0 Å². The van der Waals surface area contributed by atoms with E-state index in [2.05, 4.69) is 34.9 Å². The molecule has 7 heteroatoms. The molecule has 0 saturated heterocycles. The first-order valence-corrected chi connectivity index (χ1v) is 12.1. The first-order valence-electron chi connectivity index (χ1n) is 12.1. The van der Waals surface area contributed by atoms with Gasteiger partial charge in [-0.25, -0.2) is 4.79 Å². The van der Waals surface area contributed by atoms with Gasteiger partial charge in [-0.3, -0.25) is 9.59 Å². The minimum atomic E-state index is -0.852. The molecule has 4 unspecified atom stereocenters. The Labute approximate surface area is 198 Å². The number of fused-ring (bicyclic) bond motifs is 5. The lowest BCUT2D eigenvalue weighted by atomic mass is 9.84. The molecular formula is C27H30N2O5.